The highest BCUT2D eigenvalue weighted by Crippen LogP contribution is 2.29. The fraction of sp³-hybridized carbons (Fsp3) is 0.467. The Hall–Kier alpha value is -1.33. The fourth-order valence-corrected chi connectivity index (χ4v) is 2.21. The molecule has 20 heavy (non-hydrogen) atoms. The predicted octanol–water partition coefficient (Wildman–Crippen LogP) is 2.71. The SMILES string of the molecule is FC(F)(F)c1cccc(CC=CCN2CCNCC2)c1. The second kappa shape index (κ2) is 6.90. The van der Waals surface area contributed by atoms with Gasteiger partial charge in [-0.2, -0.15) is 13.2 Å². The molecule has 1 heterocycles. The zero-order valence-corrected chi connectivity index (χ0v) is 11.3. The third-order valence-corrected chi connectivity index (χ3v) is 3.35. The number of benzene rings is 1. The Morgan fingerprint density at radius 2 is 1.90 bits per heavy atom. The molecule has 5 heteroatoms. The second-order valence-corrected chi connectivity index (χ2v) is 4.92. The number of alkyl halides is 3. The lowest BCUT2D eigenvalue weighted by atomic mass is 10.1. The molecule has 0 saturated carbocycles. The molecule has 0 bridgehead atoms. The van der Waals surface area contributed by atoms with Gasteiger partial charge in [-0.05, 0) is 18.1 Å². The van der Waals surface area contributed by atoms with Crippen molar-refractivity contribution in [3.05, 3.63) is 47.5 Å². The van der Waals surface area contributed by atoms with Gasteiger partial charge in [-0.1, -0.05) is 30.4 Å². The fourth-order valence-electron chi connectivity index (χ4n) is 2.21. The number of allylic oxidation sites excluding steroid dienone is 1. The third-order valence-electron chi connectivity index (χ3n) is 3.35. The lowest BCUT2D eigenvalue weighted by molar-refractivity contribution is -0.137. The summed E-state index contributed by atoms with van der Waals surface area (Å²) >= 11 is 0. The Morgan fingerprint density at radius 3 is 2.60 bits per heavy atom. The minimum absolute atomic E-state index is 0.538. The number of hydrogen-bond acceptors (Lipinski definition) is 2. The molecule has 0 radical (unpaired) electrons. The molecule has 2 rings (SSSR count). The van der Waals surface area contributed by atoms with Crippen LogP contribution in [0.15, 0.2) is 36.4 Å². The van der Waals surface area contributed by atoms with Crippen LogP contribution in [0.3, 0.4) is 0 Å². The van der Waals surface area contributed by atoms with Crippen LogP contribution in [0.1, 0.15) is 11.1 Å². The van der Waals surface area contributed by atoms with Gasteiger partial charge in [-0.3, -0.25) is 4.90 Å². The smallest absolute Gasteiger partial charge is 0.314 e. The standard InChI is InChI=1S/C15H19F3N2/c16-15(17,18)14-6-3-5-13(12-14)4-1-2-9-20-10-7-19-8-11-20/h1-3,5-6,12,19H,4,7-11H2. The topological polar surface area (TPSA) is 15.3 Å². The summed E-state index contributed by atoms with van der Waals surface area (Å²) in [5, 5.41) is 3.28. The molecule has 1 aliphatic rings. The van der Waals surface area contributed by atoms with Gasteiger partial charge in [0.25, 0.3) is 0 Å². The van der Waals surface area contributed by atoms with Crippen molar-refractivity contribution in [1.82, 2.24) is 10.2 Å². The van der Waals surface area contributed by atoms with Crippen LogP contribution in [0, 0.1) is 0 Å². The van der Waals surface area contributed by atoms with Gasteiger partial charge < -0.3 is 5.32 Å². The summed E-state index contributed by atoms with van der Waals surface area (Å²) in [6.45, 7) is 4.91. The van der Waals surface area contributed by atoms with Gasteiger partial charge in [0.05, 0.1) is 5.56 Å². The Bertz CT molecular complexity index is 449. The van der Waals surface area contributed by atoms with E-state index in [0.717, 1.165) is 38.8 Å². The minimum atomic E-state index is -4.26. The minimum Gasteiger partial charge on any atom is -0.314 e. The van der Waals surface area contributed by atoms with Crippen LogP contribution >= 0.6 is 0 Å². The first kappa shape index (κ1) is 15.1. The van der Waals surface area contributed by atoms with E-state index < -0.39 is 11.7 Å². The molecule has 0 spiro atoms. The molecule has 2 nitrogen and oxygen atoms in total. The predicted molar refractivity (Wildman–Crippen MR) is 73.6 cm³/mol. The maximum Gasteiger partial charge on any atom is 0.416 e. The van der Waals surface area contributed by atoms with Gasteiger partial charge in [0, 0.05) is 32.7 Å². The summed E-state index contributed by atoms with van der Waals surface area (Å²) in [6.07, 6.45) is 0.250. The maximum absolute atomic E-state index is 12.6. The van der Waals surface area contributed by atoms with E-state index in [1.54, 1.807) is 6.07 Å². The first-order valence-electron chi connectivity index (χ1n) is 6.80. The van der Waals surface area contributed by atoms with E-state index in [1.807, 2.05) is 12.2 Å². The van der Waals surface area contributed by atoms with Crippen molar-refractivity contribution in [1.29, 1.82) is 0 Å². The monoisotopic (exact) mass is 284 g/mol. The number of nitrogens with zero attached hydrogens (tertiary/aromatic N) is 1. The van der Waals surface area contributed by atoms with Crippen LogP contribution in [0.5, 0.6) is 0 Å². The number of hydrogen-bond donors (Lipinski definition) is 1. The second-order valence-electron chi connectivity index (χ2n) is 4.92. The molecule has 1 aliphatic heterocycles. The highest BCUT2D eigenvalue weighted by molar-refractivity contribution is 5.27. The van der Waals surface area contributed by atoms with Gasteiger partial charge in [0.15, 0.2) is 0 Å². The zero-order chi connectivity index (χ0) is 14.4. The third kappa shape index (κ3) is 4.65. The Morgan fingerprint density at radius 1 is 1.15 bits per heavy atom. The summed E-state index contributed by atoms with van der Waals surface area (Å²) in [4.78, 5) is 2.32. The average Bonchev–Trinajstić information content (AvgIpc) is 2.44. The molecule has 0 unspecified atom stereocenters. The molecule has 1 saturated heterocycles. The van der Waals surface area contributed by atoms with E-state index in [1.165, 1.54) is 12.1 Å². The molecular weight excluding hydrogens is 265 g/mol. The summed E-state index contributed by atoms with van der Waals surface area (Å²) in [5.41, 5.74) is 0.113. The molecule has 1 N–H and O–H groups in total. The van der Waals surface area contributed by atoms with Crippen LogP contribution in [0.2, 0.25) is 0 Å². The van der Waals surface area contributed by atoms with Crippen LogP contribution in [-0.2, 0) is 12.6 Å². The Labute approximate surface area is 117 Å². The van der Waals surface area contributed by atoms with Gasteiger partial charge in [-0.25, -0.2) is 0 Å². The number of nitrogens with one attached hydrogen (secondary N) is 1. The molecule has 1 aromatic carbocycles. The van der Waals surface area contributed by atoms with Crippen molar-refractivity contribution in [2.45, 2.75) is 12.6 Å². The van der Waals surface area contributed by atoms with E-state index in [2.05, 4.69) is 10.2 Å². The molecule has 0 amide bonds. The van der Waals surface area contributed by atoms with E-state index in [4.69, 9.17) is 0 Å². The average molecular weight is 284 g/mol. The summed E-state index contributed by atoms with van der Waals surface area (Å²) in [7, 11) is 0. The van der Waals surface area contributed by atoms with E-state index in [-0.39, 0.29) is 0 Å². The van der Waals surface area contributed by atoms with Gasteiger partial charge >= 0.3 is 6.18 Å². The van der Waals surface area contributed by atoms with Crippen molar-refractivity contribution in [2.24, 2.45) is 0 Å². The molecule has 110 valence electrons. The zero-order valence-electron chi connectivity index (χ0n) is 11.3. The van der Waals surface area contributed by atoms with Crippen molar-refractivity contribution < 1.29 is 13.2 Å². The molecule has 0 aliphatic carbocycles. The van der Waals surface area contributed by atoms with Crippen molar-refractivity contribution in [3.63, 3.8) is 0 Å². The van der Waals surface area contributed by atoms with Gasteiger partial charge in [-0.15, -0.1) is 0 Å². The highest BCUT2D eigenvalue weighted by atomic mass is 19.4. The van der Waals surface area contributed by atoms with Crippen molar-refractivity contribution in [2.75, 3.05) is 32.7 Å². The van der Waals surface area contributed by atoms with E-state index >= 15 is 0 Å². The van der Waals surface area contributed by atoms with E-state index in [9.17, 15) is 13.2 Å². The number of piperazine rings is 1. The maximum atomic E-state index is 12.6. The lowest BCUT2D eigenvalue weighted by Gasteiger charge is -2.25. The quantitative estimate of drug-likeness (QED) is 0.855. The van der Waals surface area contributed by atoms with Crippen LogP contribution in [0.4, 0.5) is 13.2 Å². The molecule has 0 atom stereocenters. The first-order valence-corrected chi connectivity index (χ1v) is 6.80. The lowest BCUT2D eigenvalue weighted by Crippen LogP contribution is -2.43. The first-order chi connectivity index (χ1) is 9.55. The van der Waals surface area contributed by atoms with Crippen LogP contribution in [-0.4, -0.2) is 37.6 Å². The summed E-state index contributed by atoms with van der Waals surface area (Å²) in [5.74, 6) is 0. The van der Waals surface area contributed by atoms with E-state index in [0.29, 0.717) is 12.0 Å². The summed E-state index contributed by atoms with van der Waals surface area (Å²) < 4.78 is 37.7. The Balaban J connectivity index is 1.84. The molecule has 1 fully saturated rings. The van der Waals surface area contributed by atoms with Gasteiger partial charge in [0.2, 0.25) is 0 Å². The van der Waals surface area contributed by atoms with Crippen molar-refractivity contribution >= 4 is 0 Å². The number of halogens is 3. The number of rotatable bonds is 4. The van der Waals surface area contributed by atoms with Gasteiger partial charge in [0.1, 0.15) is 0 Å². The Kier molecular flexibility index (Phi) is 5.20. The van der Waals surface area contributed by atoms with Crippen LogP contribution in [0.25, 0.3) is 0 Å². The molecule has 0 aromatic heterocycles. The molecular formula is C15H19F3N2. The largest absolute Gasteiger partial charge is 0.416 e. The normalized spacial score (nSPS) is 17.8. The molecule has 1 aromatic rings. The highest BCUT2D eigenvalue weighted by Gasteiger charge is 2.30. The van der Waals surface area contributed by atoms with Crippen molar-refractivity contribution in [3.8, 4) is 0 Å². The van der Waals surface area contributed by atoms with Crippen LogP contribution < -0.4 is 5.32 Å². The summed E-state index contributed by atoms with van der Waals surface area (Å²) in [6, 6.07) is 5.51.